The van der Waals surface area contributed by atoms with Crippen LogP contribution in [-0.2, 0) is 11.2 Å². The number of aromatic amines is 1. The molecule has 3 aromatic rings. The summed E-state index contributed by atoms with van der Waals surface area (Å²) in [7, 11) is 0. The van der Waals surface area contributed by atoms with Gasteiger partial charge in [0.2, 0.25) is 6.29 Å². The van der Waals surface area contributed by atoms with E-state index in [1.54, 1.807) is 12.3 Å². The number of rotatable bonds is 2. The first-order valence-corrected chi connectivity index (χ1v) is 9.43. The molecule has 0 radical (unpaired) electrons. The molecule has 10 heteroatoms. The van der Waals surface area contributed by atoms with Crippen molar-refractivity contribution in [3.8, 4) is 22.5 Å². The van der Waals surface area contributed by atoms with E-state index < -0.39 is 12.5 Å². The van der Waals surface area contributed by atoms with Crippen molar-refractivity contribution in [2.45, 2.75) is 12.6 Å². The second-order valence-corrected chi connectivity index (χ2v) is 7.07. The fourth-order valence-corrected chi connectivity index (χ4v) is 3.68. The second-order valence-electron chi connectivity index (χ2n) is 6.27. The Morgan fingerprint density at radius 1 is 1.13 bits per heavy atom. The number of pyridine rings is 1. The lowest BCUT2D eigenvalue weighted by molar-refractivity contribution is -0.156. The molecule has 0 bridgehead atoms. The maximum absolute atomic E-state index is 13.5. The van der Waals surface area contributed by atoms with Crippen LogP contribution in [0.5, 0.6) is 0 Å². The summed E-state index contributed by atoms with van der Waals surface area (Å²) < 4.78 is 45.4. The van der Waals surface area contributed by atoms with Gasteiger partial charge in [-0.1, -0.05) is 12.1 Å². The SMILES string of the molecule is O=C1NCCc2[nH]c(-c3ccnc(-c4cccc(F)c4)c3)c(Br)c21.O=CC(F)(F)F. The summed E-state index contributed by atoms with van der Waals surface area (Å²) in [5, 5.41) is 2.84. The summed E-state index contributed by atoms with van der Waals surface area (Å²) >= 11 is 3.53. The number of halogens is 5. The smallest absolute Gasteiger partial charge is 0.357 e. The first-order valence-electron chi connectivity index (χ1n) is 8.63. The molecule has 1 aliphatic rings. The molecule has 156 valence electrons. The molecule has 2 aromatic heterocycles. The number of amides is 1. The van der Waals surface area contributed by atoms with Gasteiger partial charge in [-0.2, -0.15) is 13.2 Å². The molecule has 0 saturated heterocycles. The van der Waals surface area contributed by atoms with E-state index in [9.17, 15) is 22.4 Å². The van der Waals surface area contributed by atoms with E-state index in [0.29, 0.717) is 23.4 Å². The summed E-state index contributed by atoms with van der Waals surface area (Å²) in [4.78, 5) is 28.4. The number of carbonyl (C=O) groups is 2. The second kappa shape index (κ2) is 8.78. The van der Waals surface area contributed by atoms with Gasteiger partial charge in [-0.3, -0.25) is 14.6 Å². The molecule has 30 heavy (non-hydrogen) atoms. The number of aromatic nitrogens is 2. The van der Waals surface area contributed by atoms with Gasteiger partial charge in [0.1, 0.15) is 5.82 Å². The number of nitrogens with zero attached hydrogens (tertiary/aromatic N) is 1. The van der Waals surface area contributed by atoms with Crippen LogP contribution in [0.25, 0.3) is 22.5 Å². The maximum Gasteiger partial charge on any atom is 0.446 e. The van der Waals surface area contributed by atoms with Crippen LogP contribution in [0.4, 0.5) is 17.6 Å². The Bertz CT molecular complexity index is 1100. The first kappa shape index (κ1) is 21.7. The van der Waals surface area contributed by atoms with E-state index in [2.05, 4.69) is 31.2 Å². The van der Waals surface area contributed by atoms with Crippen LogP contribution in [0.1, 0.15) is 16.1 Å². The van der Waals surface area contributed by atoms with Gasteiger partial charge in [-0.05, 0) is 40.2 Å². The molecule has 2 N–H and O–H groups in total. The van der Waals surface area contributed by atoms with Crippen molar-refractivity contribution in [2.24, 2.45) is 0 Å². The third kappa shape index (κ3) is 4.93. The normalized spacial score (nSPS) is 13.0. The average molecular weight is 484 g/mol. The topological polar surface area (TPSA) is 74.8 Å². The number of nitrogens with one attached hydrogen (secondary N) is 2. The van der Waals surface area contributed by atoms with Gasteiger partial charge in [-0.25, -0.2) is 4.39 Å². The highest BCUT2D eigenvalue weighted by Gasteiger charge is 2.26. The molecule has 0 fully saturated rings. The summed E-state index contributed by atoms with van der Waals surface area (Å²) in [6.07, 6.45) is -3.25. The average Bonchev–Trinajstić information content (AvgIpc) is 3.06. The van der Waals surface area contributed by atoms with Crippen LogP contribution >= 0.6 is 15.9 Å². The van der Waals surface area contributed by atoms with Gasteiger partial charge >= 0.3 is 6.18 Å². The molecule has 4 rings (SSSR count). The summed E-state index contributed by atoms with van der Waals surface area (Å²) in [6.45, 7) is 0.628. The zero-order chi connectivity index (χ0) is 21.9. The number of fused-ring (bicyclic) bond motifs is 1. The highest BCUT2D eigenvalue weighted by atomic mass is 79.9. The molecule has 0 saturated carbocycles. The van der Waals surface area contributed by atoms with Crippen molar-refractivity contribution in [3.63, 3.8) is 0 Å². The molecule has 1 aromatic carbocycles. The van der Waals surface area contributed by atoms with Crippen LogP contribution in [-0.4, -0.2) is 34.9 Å². The van der Waals surface area contributed by atoms with Crippen molar-refractivity contribution in [3.05, 3.63) is 64.1 Å². The zero-order valence-corrected chi connectivity index (χ0v) is 16.8. The van der Waals surface area contributed by atoms with Gasteiger partial charge in [0.25, 0.3) is 5.91 Å². The van der Waals surface area contributed by atoms with E-state index in [0.717, 1.165) is 27.8 Å². The van der Waals surface area contributed by atoms with Crippen LogP contribution in [0.3, 0.4) is 0 Å². The molecular formula is C20H14BrF4N3O2. The summed E-state index contributed by atoms with van der Waals surface area (Å²) in [5.74, 6) is -0.377. The molecular weight excluding hydrogens is 470 g/mol. The van der Waals surface area contributed by atoms with Crippen LogP contribution in [0.15, 0.2) is 47.1 Å². The Morgan fingerprint density at radius 2 is 1.87 bits per heavy atom. The van der Waals surface area contributed by atoms with Gasteiger partial charge < -0.3 is 10.3 Å². The van der Waals surface area contributed by atoms with Crippen molar-refractivity contribution < 1.29 is 27.2 Å². The van der Waals surface area contributed by atoms with E-state index in [1.807, 2.05) is 18.2 Å². The van der Waals surface area contributed by atoms with E-state index >= 15 is 0 Å². The predicted octanol–water partition coefficient (Wildman–Crippen LogP) is 4.68. The largest absolute Gasteiger partial charge is 0.446 e. The van der Waals surface area contributed by atoms with Crippen LogP contribution in [0.2, 0.25) is 0 Å². The molecule has 0 aliphatic carbocycles. The first-order chi connectivity index (χ1) is 14.2. The van der Waals surface area contributed by atoms with Gasteiger partial charge in [0, 0.05) is 36.0 Å². The fraction of sp³-hybridized carbons (Fsp3) is 0.150. The lowest BCUT2D eigenvalue weighted by Crippen LogP contribution is -2.31. The minimum absolute atomic E-state index is 0.0787. The highest BCUT2D eigenvalue weighted by molar-refractivity contribution is 9.10. The Morgan fingerprint density at radius 3 is 2.50 bits per heavy atom. The lowest BCUT2D eigenvalue weighted by atomic mass is 10.1. The minimum Gasteiger partial charge on any atom is -0.357 e. The number of carbonyl (C=O) groups excluding carboxylic acids is 2. The number of hydrogen-bond acceptors (Lipinski definition) is 3. The molecule has 3 heterocycles. The Labute approximate surface area is 176 Å². The van der Waals surface area contributed by atoms with Crippen LogP contribution < -0.4 is 5.32 Å². The Balaban J connectivity index is 0.000000377. The third-order valence-corrected chi connectivity index (χ3v) is 5.00. The molecule has 0 unspecified atom stereocenters. The quantitative estimate of drug-likeness (QED) is 0.410. The molecule has 0 spiro atoms. The molecule has 1 amide bonds. The van der Waals surface area contributed by atoms with Gasteiger partial charge in [0.05, 0.1) is 21.4 Å². The zero-order valence-electron chi connectivity index (χ0n) is 15.2. The molecule has 1 aliphatic heterocycles. The molecule has 5 nitrogen and oxygen atoms in total. The number of alkyl halides is 3. The van der Waals surface area contributed by atoms with E-state index in [-0.39, 0.29) is 11.7 Å². The van der Waals surface area contributed by atoms with E-state index in [4.69, 9.17) is 4.79 Å². The highest BCUT2D eigenvalue weighted by Crippen LogP contribution is 2.35. The number of hydrogen-bond donors (Lipinski definition) is 2. The number of benzene rings is 1. The fourth-order valence-electron chi connectivity index (χ4n) is 2.93. The van der Waals surface area contributed by atoms with Gasteiger partial charge in [-0.15, -0.1) is 0 Å². The third-order valence-electron chi connectivity index (χ3n) is 4.21. The predicted molar refractivity (Wildman–Crippen MR) is 105 cm³/mol. The van der Waals surface area contributed by atoms with Crippen molar-refractivity contribution >= 4 is 28.1 Å². The van der Waals surface area contributed by atoms with Crippen molar-refractivity contribution in [1.82, 2.24) is 15.3 Å². The lowest BCUT2D eigenvalue weighted by Gasteiger charge is -2.11. The Hall–Kier alpha value is -3.01. The van der Waals surface area contributed by atoms with E-state index in [1.165, 1.54) is 12.1 Å². The van der Waals surface area contributed by atoms with Gasteiger partial charge in [0.15, 0.2) is 0 Å². The standard InChI is InChI=1S/C18H13BrFN3O.C2HF3O/c19-16-15-13(5-7-22-18(15)24)23-17(16)11-4-6-21-14(9-11)10-2-1-3-12(20)8-10;3-2(4,5)1-6/h1-4,6,8-9,23H,5,7H2,(H,22,24);1H. The summed E-state index contributed by atoms with van der Waals surface area (Å²) in [6, 6.07) is 10.1. The van der Waals surface area contributed by atoms with Crippen molar-refractivity contribution in [2.75, 3.05) is 6.54 Å². The van der Waals surface area contributed by atoms with Crippen LogP contribution in [0, 0.1) is 5.82 Å². The summed E-state index contributed by atoms with van der Waals surface area (Å²) in [5.41, 5.74) is 4.68. The minimum atomic E-state index is -4.64. The maximum atomic E-state index is 13.5. The van der Waals surface area contributed by atoms with Crippen molar-refractivity contribution in [1.29, 1.82) is 0 Å². The Kier molecular flexibility index (Phi) is 6.35. The molecule has 0 atom stereocenters. The monoisotopic (exact) mass is 483 g/mol. The number of H-pyrrole nitrogens is 1. The number of aldehydes is 1.